The van der Waals surface area contributed by atoms with E-state index in [1.165, 1.54) is 0 Å². The summed E-state index contributed by atoms with van der Waals surface area (Å²) in [6.45, 7) is 1.66. The molecule has 0 bridgehead atoms. The normalized spacial score (nSPS) is 20.3. The standard InChI is InChI=1S/C14H15ClN2O/c15-10-3-4-13-12(8-10)14(5-6-16-13)17-7-1-2-11(18)9-17/h3-6,8,11,18H,1-2,7,9H2. The summed E-state index contributed by atoms with van der Waals surface area (Å²) in [6.07, 6.45) is 3.49. The molecule has 1 aliphatic heterocycles. The second kappa shape index (κ2) is 4.75. The molecule has 4 heteroatoms. The van der Waals surface area contributed by atoms with Crippen molar-refractivity contribution >= 4 is 28.2 Å². The number of hydrogen-bond donors (Lipinski definition) is 1. The van der Waals surface area contributed by atoms with Gasteiger partial charge in [-0.3, -0.25) is 4.98 Å². The SMILES string of the molecule is OC1CCCN(c2ccnc3ccc(Cl)cc23)C1. The van der Waals surface area contributed by atoms with Crippen molar-refractivity contribution in [1.29, 1.82) is 0 Å². The highest BCUT2D eigenvalue weighted by atomic mass is 35.5. The number of β-amino-alcohol motifs (C(OH)–C–C–N with tert-alkyl or cyclic N) is 1. The van der Waals surface area contributed by atoms with Crippen LogP contribution in [0, 0.1) is 0 Å². The Kier molecular flexibility index (Phi) is 3.10. The van der Waals surface area contributed by atoms with Crippen LogP contribution in [-0.2, 0) is 0 Å². The Labute approximate surface area is 111 Å². The zero-order chi connectivity index (χ0) is 12.5. The van der Waals surface area contributed by atoms with Crippen LogP contribution in [0.5, 0.6) is 0 Å². The summed E-state index contributed by atoms with van der Waals surface area (Å²) in [7, 11) is 0. The molecule has 0 saturated carbocycles. The van der Waals surface area contributed by atoms with Gasteiger partial charge in [0.15, 0.2) is 0 Å². The molecule has 18 heavy (non-hydrogen) atoms. The number of anilines is 1. The maximum atomic E-state index is 9.78. The Morgan fingerprint density at radius 3 is 3.06 bits per heavy atom. The first-order valence-electron chi connectivity index (χ1n) is 6.21. The minimum absolute atomic E-state index is 0.235. The molecule has 1 aromatic carbocycles. The summed E-state index contributed by atoms with van der Waals surface area (Å²) in [4.78, 5) is 6.57. The van der Waals surface area contributed by atoms with Gasteiger partial charge in [-0.15, -0.1) is 0 Å². The van der Waals surface area contributed by atoms with E-state index >= 15 is 0 Å². The Bertz CT molecular complexity index is 573. The maximum Gasteiger partial charge on any atom is 0.0723 e. The van der Waals surface area contributed by atoms with Gasteiger partial charge in [0.1, 0.15) is 0 Å². The maximum absolute atomic E-state index is 9.78. The summed E-state index contributed by atoms with van der Waals surface area (Å²) in [6, 6.07) is 7.73. The molecule has 1 atom stereocenters. The van der Waals surface area contributed by atoms with Crippen molar-refractivity contribution in [3.05, 3.63) is 35.5 Å². The van der Waals surface area contributed by atoms with Crippen LogP contribution in [0.3, 0.4) is 0 Å². The van der Waals surface area contributed by atoms with Gasteiger partial charge < -0.3 is 10.0 Å². The fourth-order valence-electron chi connectivity index (χ4n) is 2.55. The lowest BCUT2D eigenvalue weighted by Crippen LogP contribution is -2.38. The number of aliphatic hydroxyl groups excluding tert-OH is 1. The fourth-order valence-corrected chi connectivity index (χ4v) is 2.73. The van der Waals surface area contributed by atoms with Gasteiger partial charge >= 0.3 is 0 Å². The second-order valence-electron chi connectivity index (χ2n) is 4.73. The number of aliphatic hydroxyl groups is 1. The zero-order valence-electron chi connectivity index (χ0n) is 10.0. The number of benzene rings is 1. The van der Waals surface area contributed by atoms with E-state index in [2.05, 4.69) is 9.88 Å². The van der Waals surface area contributed by atoms with Crippen LogP contribution in [0.2, 0.25) is 5.02 Å². The predicted molar refractivity (Wildman–Crippen MR) is 74.2 cm³/mol. The smallest absolute Gasteiger partial charge is 0.0723 e. The molecule has 0 radical (unpaired) electrons. The van der Waals surface area contributed by atoms with Gasteiger partial charge in [0.05, 0.1) is 11.6 Å². The van der Waals surface area contributed by atoms with E-state index in [0.717, 1.165) is 36.0 Å². The van der Waals surface area contributed by atoms with Gasteiger partial charge in [-0.1, -0.05) is 11.6 Å². The molecule has 2 aromatic rings. The zero-order valence-corrected chi connectivity index (χ0v) is 10.8. The van der Waals surface area contributed by atoms with Crippen LogP contribution >= 0.6 is 11.6 Å². The minimum Gasteiger partial charge on any atom is -0.391 e. The molecular formula is C14H15ClN2O. The second-order valence-corrected chi connectivity index (χ2v) is 5.17. The van der Waals surface area contributed by atoms with Gasteiger partial charge in [-0.05, 0) is 37.1 Å². The Hall–Kier alpha value is -1.32. The summed E-state index contributed by atoms with van der Waals surface area (Å²) in [5.74, 6) is 0. The number of hydrogen-bond acceptors (Lipinski definition) is 3. The van der Waals surface area contributed by atoms with Crippen LogP contribution in [0.4, 0.5) is 5.69 Å². The third-order valence-electron chi connectivity index (χ3n) is 3.42. The highest BCUT2D eigenvalue weighted by Crippen LogP contribution is 2.29. The van der Waals surface area contributed by atoms with Crippen molar-refractivity contribution in [2.75, 3.05) is 18.0 Å². The summed E-state index contributed by atoms with van der Waals surface area (Å²) < 4.78 is 0. The van der Waals surface area contributed by atoms with E-state index in [-0.39, 0.29) is 6.10 Å². The van der Waals surface area contributed by atoms with Gasteiger partial charge in [-0.2, -0.15) is 0 Å². The first-order valence-corrected chi connectivity index (χ1v) is 6.59. The lowest BCUT2D eigenvalue weighted by atomic mass is 10.1. The fraction of sp³-hybridized carbons (Fsp3) is 0.357. The van der Waals surface area contributed by atoms with E-state index < -0.39 is 0 Å². The van der Waals surface area contributed by atoms with Gasteiger partial charge in [0.25, 0.3) is 0 Å². The first kappa shape index (κ1) is 11.8. The van der Waals surface area contributed by atoms with Crippen LogP contribution in [-0.4, -0.2) is 29.3 Å². The molecule has 1 saturated heterocycles. The largest absolute Gasteiger partial charge is 0.391 e. The quantitative estimate of drug-likeness (QED) is 0.859. The molecule has 0 amide bonds. The van der Waals surface area contributed by atoms with Crippen molar-refractivity contribution in [3.8, 4) is 0 Å². The lowest BCUT2D eigenvalue weighted by molar-refractivity contribution is 0.154. The average Bonchev–Trinajstić information content (AvgIpc) is 2.38. The lowest BCUT2D eigenvalue weighted by Gasteiger charge is -2.32. The highest BCUT2D eigenvalue weighted by Gasteiger charge is 2.19. The molecule has 1 unspecified atom stereocenters. The number of halogens is 1. The molecule has 94 valence electrons. The first-order chi connectivity index (χ1) is 8.74. The predicted octanol–water partition coefficient (Wildman–Crippen LogP) is 2.85. The third kappa shape index (κ3) is 2.16. The minimum atomic E-state index is -0.235. The molecule has 1 aliphatic rings. The summed E-state index contributed by atoms with van der Waals surface area (Å²) in [5, 5.41) is 11.6. The average molecular weight is 263 g/mol. The summed E-state index contributed by atoms with van der Waals surface area (Å²) >= 11 is 6.06. The Balaban J connectivity index is 2.07. The van der Waals surface area contributed by atoms with E-state index in [0.29, 0.717) is 11.6 Å². The van der Waals surface area contributed by atoms with E-state index in [1.807, 2.05) is 30.5 Å². The van der Waals surface area contributed by atoms with Crippen molar-refractivity contribution in [1.82, 2.24) is 4.98 Å². The van der Waals surface area contributed by atoms with Gasteiger partial charge in [-0.25, -0.2) is 0 Å². The molecule has 1 fully saturated rings. The topological polar surface area (TPSA) is 36.4 Å². The summed E-state index contributed by atoms with van der Waals surface area (Å²) in [5.41, 5.74) is 2.05. The molecule has 1 aromatic heterocycles. The number of piperidine rings is 1. The van der Waals surface area contributed by atoms with Crippen LogP contribution in [0.1, 0.15) is 12.8 Å². The van der Waals surface area contributed by atoms with E-state index in [4.69, 9.17) is 11.6 Å². The van der Waals surface area contributed by atoms with Crippen LogP contribution in [0.15, 0.2) is 30.5 Å². The van der Waals surface area contributed by atoms with Crippen LogP contribution in [0.25, 0.3) is 10.9 Å². The van der Waals surface area contributed by atoms with Crippen LogP contribution < -0.4 is 4.90 Å². The molecular weight excluding hydrogens is 248 g/mol. The number of aromatic nitrogens is 1. The third-order valence-corrected chi connectivity index (χ3v) is 3.65. The number of pyridine rings is 1. The molecule has 0 spiro atoms. The Morgan fingerprint density at radius 1 is 1.33 bits per heavy atom. The van der Waals surface area contributed by atoms with Crippen molar-refractivity contribution in [2.24, 2.45) is 0 Å². The van der Waals surface area contributed by atoms with E-state index in [9.17, 15) is 5.11 Å². The monoisotopic (exact) mass is 262 g/mol. The van der Waals surface area contributed by atoms with Crippen molar-refractivity contribution in [3.63, 3.8) is 0 Å². The number of rotatable bonds is 1. The number of nitrogens with zero attached hydrogens (tertiary/aromatic N) is 2. The van der Waals surface area contributed by atoms with Crippen molar-refractivity contribution in [2.45, 2.75) is 18.9 Å². The van der Waals surface area contributed by atoms with Crippen molar-refractivity contribution < 1.29 is 5.11 Å². The molecule has 3 nitrogen and oxygen atoms in total. The highest BCUT2D eigenvalue weighted by molar-refractivity contribution is 6.31. The Morgan fingerprint density at radius 2 is 2.22 bits per heavy atom. The number of fused-ring (bicyclic) bond motifs is 1. The van der Waals surface area contributed by atoms with E-state index in [1.54, 1.807) is 0 Å². The molecule has 1 N–H and O–H groups in total. The molecule has 3 rings (SSSR count). The van der Waals surface area contributed by atoms with Gasteiger partial charge in [0, 0.05) is 35.4 Å². The molecule has 2 heterocycles. The van der Waals surface area contributed by atoms with Gasteiger partial charge in [0.2, 0.25) is 0 Å². The molecule has 0 aliphatic carbocycles.